The van der Waals surface area contributed by atoms with Crippen molar-refractivity contribution in [2.24, 2.45) is 0 Å². The molecule has 1 fully saturated rings. The van der Waals surface area contributed by atoms with Crippen LogP contribution < -0.4 is 20.3 Å². The molecule has 176 valence electrons. The molecule has 1 atom stereocenters. The van der Waals surface area contributed by atoms with E-state index < -0.39 is 0 Å². The minimum Gasteiger partial charge on any atom is -0.483 e. The van der Waals surface area contributed by atoms with E-state index >= 15 is 0 Å². The lowest BCUT2D eigenvalue weighted by atomic mass is 9.81. The van der Waals surface area contributed by atoms with E-state index in [1.165, 1.54) is 4.88 Å². The monoisotopic (exact) mass is 467 g/mol. The van der Waals surface area contributed by atoms with Gasteiger partial charge in [0.1, 0.15) is 17.7 Å². The molecule has 2 aromatic carbocycles. The first-order chi connectivity index (χ1) is 16.1. The van der Waals surface area contributed by atoms with Crippen LogP contribution in [0.3, 0.4) is 0 Å². The van der Waals surface area contributed by atoms with Gasteiger partial charge in [0.25, 0.3) is 0 Å². The van der Waals surface area contributed by atoms with Gasteiger partial charge in [-0.15, -0.1) is 11.3 Å². The van der Waals surface area contributed by atoms with Crippen molar-refractivity contribution in [3.8, 4) is 5.75 Å². The van der Waals surface area contributed by atoms with Gasteiger partial charge in [0.2, 0.25) is 0 Å². The van der Waals surface area contributed by atoms with Gasteiger partial charge in [0.15, 0.2) is 0 Å². The second-order valence-electron chi connectivity index (χ2n) is 8.56. The number of nitrogens with one attached hydrogen (secondary N) is 2. The highest BCUT2D eigenvalue weighted by atomic mass is 32.1. The van der Waals surface area contributed by atoms with Gasteiger partial charge >= 0.3 is 0 Å². The zero-order chi connectivity index (χ0) is 23.1. The molecule has 2 N–H and O–H groups in total. The third-order valence-electron chi connectivity index (χ3n) is 6.66. The molecular weight excluding hydrogens is 433 g/mol. The standard InChI is InChI=1S/C27H34FN3OS/c1-3-30-17-14-25(26-9-6-20-33-26)32-24-8-5-4-7-23(24)31-18-15-27(29-2,16-19-31)21-10-12-22(28)13-11-21/h4-13,20,25,29-30H,3,14-19H2,1-2H3/t25-/m1/s1. The predicted octanol–water partition coefficient (Wildman–Crippen LogP) is 5.72. The Morgan fingerprint density at radius 3 is 2.48 bits per heavy atom. The van der Waals surface area contributed by atoms with Crippen molar-refractivity contribution in [2.45, 2.75) is 37.8 Å². The summed E-state index contributed by atoms with van der Waals surface area (Å²) in [5, 5.41) is 9.07. The fourth-order valence-corrected chi connectivity index (χ4v) is 5.49. The lowest BCUT2D eigenvalue weighted by Crippen LogP contribution is -2.50. The number of benzene rings is 2. The van der Waals surface area contributed by atoms with E-state index in [2.05, 4.69) is 64.2 Å². The minimum absolute atomic E-state index is 0.0330. The van der Waals surface area contributed by atoms with Gasteiger partial charge in [-0.25, -0.2) is 4.39 Å². The summed E-state index contributed by atoms with van der Waals surface area (Å²) in [5.41, 5.74) is 2.16. The van der Waals surface area contributed by atoms with Crippen LogP contribution in [0.2, 0.25) is 0 Å². The van der Waals surface area contributed by atoms with Crippen LogP contribution in [0.25, 0.3) is 0 Å². The van der Waals surface area contributed by atoms with Crippen molar-refractivity contribution in [3.05, 3.63) is 82.3 Å². The Balaban J connectivity index is 1.50. The number of ether oxygens (including phenoxy) is 1. The number of hydrogen-bond donors (Lipinski definition) is 2. The fourth-order valence-electron chi connectivity index (χ4n) is 4.70. The molecule has 1 aliphatic heterocycles. The lowest BCUT2D eigenvalue weighted by molar-refractivity contribution is 0.197. The molecule has 0 unspecified atom stereocenters. The highest BCUT2D eigenvalue weighted by molar-refractivity contribution is 7.10. The van der Waals surface area contributed by atoms with Crippen molar-refractivity contribution in [1.29, 1.82) is 0 Å². The second-order valence-corrected chi connectivity index (χ2v) is 9.54. The maximum Gasteiger partial charge on any atom is 0.143 e. The highest BCUT2D eigenvalue weighted by Crippen LogP contribution is 2.39. The molecule has 0 aliphatic carbocycles. The first-order valence-corrected chi connectivity index (χ1v) is 12.7. The van der Waals surface area contributed by atoms with Gasteiger partial charge in [0, 0.05) is 29.9 Å². The molecule has 2 heterocycles. The van der Waals surface area contributed by atoms with Crippen molar-refractivity contribution >= 4 is 17.0 Å². The maximum absolute atomic E-state index is 13.5. The Bertz CT molecular complexity index is 985. The van der Waals surface area contributed by atoms with Gasteiger partial charge < -0.3 is 20.3 Å². The average Bonchev–Trinajstić information content (AvgIpc) is 3.39. The van der Waals surface area contributed by atoms with Crippen LogP contribution in [0.1, 0.15) is 42.7 Å². The summed E-state index contributed by atoms with van der Waals surface area (Å²) in [4.78, 5) is 3.68. The molecule has 0 bridgehead atoms. The summed E-state index contributed by atoms with van der Waals surface area (Å²) in [7, 11) is 2.01. The molecule has 0 spiro atoms. The number of nitrogens with zero attached hydrogens (tertiary/aromatic N) is 1. The number of thiophene rings is 1. The molecular formula is C27H34FN3OS. The predicted molar refractivity (Wildman–Crippen MR) is 136 cm³/mol. The van der Waals surface area contributed by atoms with Gasteiger partial charge in [-0.05, 0) is 74.3 Å². The Morgan fingerprint density at radius 1 is 1.06 bits per heavy atom. The summed E-state index contributed by atoms with van der Waals surface area (Å²) in [6.07, 6.45) is 2.85. The average molecular weight is 468 g/mol. The fraction of sp³-hybridized carbons (Fsp3) is 0.407. The number of anilines is 1. The third kappa shape index (κ3) is 5.57. The van der Waals surface area contributed by atoms with Crippen LogP contribution >= 0.6 is 11.3 Å². The molecule has 4 nitrogen and oxygen atoms in total. The normalized spacial score (nSPS) is 16.5. The molecule has 1 aromatic heterocycles. The zero-order valence-electron chi connectivity index (χ0n) is 19.5. The van der Waals surface area contributed by atoms with Crippen LogP contribution in [0.4, 0.5) is 10.1 Å². The second kappa shape index (κ2) is 11.1. The van der Waals surface area contributed by atoms with E-state index in [1.807, 2.05) is 19.2 Å². The van der Waals surface area contributed by atoms with Crippen LogP contribution in [0.5, 0.6) is 5.75 Å². The summed E-state index contributed by atoms with van der Waals surface area (Å²) in [5.74, 6) is 0.745. The van der Waals surface area contributed by atoms with Crippen molar-refractivity contribution in [3.63, 3.8) is 0 Å². The van der Waals surface area contributed by atoms with Crippen LogP contribution in [-0.2, 0) is 5.54 Å². The van der Waals surface area contributed by atoms with Gasteiger partial charge in [-0.3, -0.25) is 0 Å². The topological polar surface area (TPSA) is 36.5 Å². The van der Waals surface area contributed by atoms with Crippen molar-refractivity contribution in [1.82, 2.24) is 10.6 Å². The zero-order valence-corrected chi connectivity index (χ0v) is 20.3. The summed E-state index contributed by atoms with van der Waals surface area (Å²) >= 11 is 1.75. The largest absolute Gasteiger partial charge is 0.483 e. The molecule has 0 saturated carbocycles. The SMILES string of the molecule is CCNCC[C@@H](Oc1ccccc1N1CCC(NC)(c2ccc(F)cc2)CC1)c1cccs1. The van der Waals surface area contributed by atoms with E-state index in [9.17, 15) is 4.39 Å². The van der Waals surface area contributed by atoms with Gasteiger partial charge in [-0.2, -0.15) is 0 Å². The van der Waals surface area contributed by atoms with E-state index in [1.54, 1.807) is 23.5 Å². The number of piperidine rings is 1. The van der Waals surface area contributed by atoms with E-state index in [-0.39, 0.29) is 17.5 Å². The smallest absolute Gasteiger partial charge is 0.143 e. The summed E-state index contributed by atoms with van der Waals surface area (Å²) < 4.78 is 20.1. The molecule has 1 saturated heterocycles. The molecule has 6 heteroatoms. The number of para-hydroxylation sites is 2. The molecule has 1 aliphatic rings. The molecule has 33 heavy (non-hydrogen) atoms. The minimum atomic E-state index is -0.192. The van der Waals surface area contributed by atoms with E-state index in [4.69, 9.17) is 4.74 Å². The van der Waals surface area contributed by atoms with E-state index in [0.29, 0.717) is 0 Å². The number of hydrogen-bond acceptors (Lipinski definition) is 5. The van der Waals surface area contributed by atoms with Gasteiger partial charge in [0.05, 0.1) is 5.69 Å². The molecule has 0 amide bonds. The molecule has 0 radical (unpaired) electrons. The maximum atomic E-state index is 13.5. The number of halogens is 1. The summed E-state index contributed by atoms with van der Waals surface area (Å²) in [6.45, 7) is 5.82. The third-order valence-corrected chi connectivity index (χ3v) is 7.63. The Morgan fingerprint density at radius 2 is 1.82 bits per heavy atom. The lowest BCUT2D eigenvalue weighted by Gasteiger charge is -2.43. The van der Waals surface area contributed by atoms with E-state index in [0.717, 1.165) is 62.4 Å². The first-order valence-electron chi connectivity index (χ1n) is 11.8. The Kier molecular flexibility index (Phi) is 8.02. The Labute approximate surface area is 200 Å². The van der Waals surface area contributed by atoms with Crippen LogP contribution in [0.15, 0.2) is 66.0 Å². The van der Waals surface area contributed by atoms with Crippen LogP contribution in [-0.4, -0.2) is 33.2 Å². The number of rotatable bonds is 10. The molecule has 3 aromatic rings. The van der Waals surface area contributed by atoms with Gasteiger partial charge in [-0.1, -0.05) is 37.3 Å². The van der Waals surface area contributed by atoms with Crippen LogP contribution in [0, 0.1) is 5.82 Å². The first kappa shape index (κ1) is 23.7. The quantitative estimate of drug-likeness (QED) is 0.374. The van der Waals surface area contributed by atoms with Crippen molar-refractivity contribution < 1.29 is 9.13 Å². The highest BCUT2D eigenvalue weighted by Gasteiger charge is 2.35. The Hall–Kier alpha value is -2.41. The molecule has 4 rings (SSSR count). The summed E-state index contributed by atoms with van der Waals surface area (Å²) in [6, 6.07) is 19.6. The van der Waals surface area contributed by atoms with Crippen molar-refractivity contribution in [2.75, 3.05) is 38.1 Å².